The van der Waals surface area contributed by atoms with Crippen LogP contribution in [0.2, 0.25) is 0 Å². The molecular formula is C17H34N2S. The first kappa shape index (κ1) is 16.6. The summed E-state index contributed by atoms with van der Waals surface area (Å²) < 4.78 is 0. The summed E-state index contributed by atoms with van der Waals surface area (Å²) in [5, 5.41) is 4.87. The van der Waals surface area contributed by atoms with Crippen LogP contribution in [0.5, 0.6) is 0 Å². The van der Waals surface area contributed by atoms with Crippen molar-refractivity contribution in [1.29, 1.82) is 0 Å². The highest BCUT2D eigenvalue weighted by molar-refractivity contribution is 7.99. The van der Waals surface area contributed by atoms with Crippen molar-refractivity contribution in [3.8, 4) is 0 Å². The van der Waals surface area contributed by atoms with Gasteiger partial charge < -0.3 is 10.2 Å². The lowest BCUT2D eigenvalue weighted by molar-refractivity contribution is 0.143. The Bertz CT molecular complexity index is 270. The number of piperidine rings is 1. The second-order valence-electron chi connectivity index (χ2n) is 6.88. The average Bonchev–Trinajstić information content (AvgIpc) is 2.48. The molecule has 1 heterocycles. The molecule has 1 saturated heterocycles. The Hall–Kier alpha value is 0.270. The van der Waals surface area contributed by atoms with Gasteiger partial charge in [-0.2, -0.15) is 11.8 Å². The third kappa shape index (κ3) is 4.92. The molecule has 4 unspecified atom stereocenters. The van der Waals surface area contributed by atoms with E-state index in [0.29, 0.717) is 6.04 Å². The molecule has 0 spiro atoms. The highest BCUT2D eigenvalue weighted by Gasteiger charge is 2.28. The smallest absolute Gasteiger partial charge is 0.00818 e. The lowest BCUT2D eigenvalue weighted by atomic mass is 9.88. The molecule has 1 aliphatic carbocycles. The molecule has 2 fully saturated rings. The molecule has 118 valence electrons. The van der Waals surface area contributed by atoms with Gasteiger partial charge in [-0.25, -0.2) is 0 Å². The van der Waals surface area contributed by atoms with Gasteiger partial charge in [0.05, 0.1) is 0 Å². The van der Waals surface area contributed by atoms with E-state index in [1.54, 1.807) is 0 Å². The van der Waals surface area contributed by atoms with Crippen LogP contribution in [0.15, 0.2) is 0 Å². The summed E-state index contributed by atoms with van der Waals surface area (Å²) in [6.45, 7) is 8.68. The Labute approximate surface area is 130 Å². The fourth-order valence-corrected chi connectivity index (χ4v) is 4.86. The molecular weight excluding hydrogens is 264 g/mol. The van der Waals surface area contributed by atoms with Crippen molar-refractivity contribution in [3.05, 3.63) is 0 Å². The van der Waals surface area contributed by atoms with Gasteiger partial charge in [-0.3, -0.25) is 0 Å². The number of hydrogen-bond acceptors (Lipinski definition) is 3. The van der Waals surface area contributed by atoms with Gasteiger partial charge in [-0.05, 0) is 70.7 Å². The Morgan fingerprint density at radius 2 is 2.10 bits per heavy atom. The Morgan fingerprint density at radius 3 is 2.85 bits per heavy atom. The zero-order valence-corrected chi connectivity index (χ0v) is 14.6. The van der Waals surface area contributed by atoms with E-state index in [1.165, 1.54) is 64.6 Å². The van der Waals surface area contributed by atoms with E-state index in [4.69, 9.17) is 0 Å². The quantitative estimate of drug-likeness (QED) is 0.804. The highest BCUT2D eigenvalue weighted by atomic mass is 32.2. The summed E-state index contributed by atoms with van der Waals surface area (Å²) in [7, 11) is 0. The van der Waals surface area contributed by atoms with E-state index in [9.17, 15) is 0 Å². The molecule has 0 radical (unpaired) electrons. The maximum Gasteiger partial charge on any atom is 0.00818 e. The summed E-state index contributed by atoms with van der Waals surface area (Å²) in [5.41, 5.74) is 0. The lowest BCUT2D eigenvalue weighted by Gasteiger charge is -2.38. The summed E-state index contributed by atoms with van der Waals surface area (Å²) in [4.78, 5) is 2.68. The van der Waals surface area contributed by atoms with Crippen molar-refractivity contribution in [2.45, 2.75) is 76.1 Å². The van der Waals surface area contributed by atoms with Crippen LogP contribution in [-0.4, -0.2) is 48.1 Å². The van der Waals surface area contributed by atoms with E-state index in [2.05, 4.69) is 42.1 Å². The van der Waals surface area contributed by atoms with E-state index in [1.807, 2.05) is 0 Å². The van der Waals surface area contributed by atoms with E-state index >= 15 is 0 Å². The number of thioether (sulfide) groups is 1. The fourth-order valence-electron chi connectivity index (χ4n) is 4.04. The number of likely N-dealkylation sites (tertiary alicyclic amines) is 1. The van der Waals surface area contributed by atoms with Crippen molar-refractivity contribution in [1.82, 2.24) is 10.2 Å². The third-order valence-electron chi connectivity index (χ3n) is 5.25. The minimum absolute atomic E-state index is 0.695. The molecule has 2 aliphatic rings. The molecule has 2 nitrogen and oxygen atoms in total. The predicted molar refractivity (Wildman–Crippen MR) is 91.6 cm³/mol. The molecule has 1 saturated carbocycles. The van der Waals surface area contributed by atoms with Crippen molar-refractivity contribution < 1.29 is 0 Å². The minimum atomic E-state index is 0.695. The molecule has 20 heavy (non-hydrogen) atoms. The van der Waals surface area contributed by atoms with Crippen LogP contribution >= 0.6 is 11.8 Å². The molecule has 0 amide bonds. The third-order valence-corrected chi connectivity index (χ3v) is 6.34. The first-order valence-electron chi connectivity index (χ1n) is 8.74. The number of nitrogens with zero attached hydrogens (tertiary/aromatic N) is 1. The molecule has 1 aliphatic heterocycles. The zero-order valence-electron chi connectivity index (χ0n) is 13.7. The van der Waals surface area contributed by atoms with Gasteiger partial charge in [0.25, 0.3) is 0 Å². The van der Waals surface area contributed by atoms with Gasteiger partial charge in [0, 0.05) is 23.9 Å². The SMILES string of the molecule is CCCN1CCCC(C(C)NC2CCCC(SC)C2)C1. The molecule has 0 aromatic carbocycles. The van der Waals surface area contributed by atoms with Gasteiger partial charge >= 0.3 is 0 Å². The van der Waals surface area contributed by atoms with Crippen LogP contribution in [-0.2, 0) is 0 Å². The first-order chi connectivity index (χ1) is 9.72. The predicted octanol–water partition coefficient (Wildman–Crippen LogP) is 3.76. The van der Waals surface area contributed by atoms with Gasteiger partial charge in [0.2, 0.25) is 0 Å². The van der Waals surface area contributed by atoms with Crippen LogP contribution in [0.3, 0.4) is 0 Å². The van der Waals surface area contributed by atoms with E-state index < -0.39 is 0 Å². The standard InChI is InChI=1S/C17H34N2S/c1-4-10-19-11-6-7-15(13-19)14(2)18-16-8-5-9-17(12-16)20-3/h14-18H,4-13H2,1-3H3. The van der Waals surface area contributed by atoms with Crippen LogP contribution in [0.25, 0.3) is 0 Å². The van der Waals surface area contributed by atoms with Crippen LogP contribution in [0.4, 0.5) is 0 Å². The van der Waals surface area contributed by atoms with Crippen molar-refractivity contribution in [3.63, 3.8) is 0 Å². The van der Waals surface area contributed by atoms with Gasteiger partial charge in [-0.1, -0.05) is 13.3 Å². The van der Waals surface area contributed by atoms with Gasteiger partial charge in [-0.15, -0.1) is 0 Å². The normalized spacial score (nSPS) is 34.0. The summed E-state index contributed by atoms with van der Waals surface area (Å²) >= 11 is 2.07. The second-order valence-corrected chi connectivity index (χ2v) is 8.02. The summed E-state index contributed by atoms with van der Waals surface area (Å²) in [6.07, 6.45) is 12.0. The van der Waals surface area contributed by atoms with Crippen LogP contribution in [0.1, 0.15) is 58.8 Å². The topological polar surface area (TPSA) is 15.3 Å². The number of nitrogens with one attached hydrogen (secondary N) is 1. The van der Waals surface area contributed by atoms with Crippen LogP contribution < -0.4 is 5.32 Å². The van der Waals surface area contributed by atoms with E-state index in [-0.39, 0.29) is 0 Å². The summed E-state index contributed by atoms with van der Waals surface area (Å²) in [5.74, 6) is 0.866. The maximum atomic E-state index is 3.98. The van der Waals surface area contributed by atoms with Crippen molar-refractivity contribution in [2.24, 2.45) is 5.92 Å². The monoisotopic (exact) mass is 298 g/mol. The minimum Gasteiger partial charge on any atom is -0.311 e. The molecule has 4 atom stereocenters. The summed E-state index contributed by atoms with van der Waals surface area (Å²) in [6, 6.07) is 1.47. The molecule has 0 aromatic rings. The number of rotatable bonds is 6. The Kier molecular flexibility index (Phi) is 7.20. The van der Waals surface area contributed by atoms with Gasteiger partial charge in [0.15, 0.2) is 0 Å². The van der Waals surface area contributed by atoms with Crippen LogP contribution in [0, 0.1) is 5.92 Å². The second kappa shape index (κ2) is 8.65. The van der Waals surface area contributed by atoms with E-state index in [0.717, 1.165) is 17.2 Å². The maximum absolute atomic E-state index is 3.98. The molecule has 1 N–H and O–H groups in total. The Morgan fingerprint density at radius 1 is 1.25 bits per heavy atom. The first-order valence-corrected chi connectivity index (χ1v) is 10.0. The molecule has 2 rings (SSSR count). The van der Waals surface area contributed by atoms with Gasteiger partial charge in [0.1, 0.15) is 0 Å². The zero-order chi connectivity index (χ0) is 14.4. The van der Waals surface area contributed by atoms with Crippen molar-refractivity contribution in [2.75, 3.05) is 25.9 Å². The average molecular weight is 299 g/mol. The lowest BCUT2D eigenvalue weighted by Crippen LogP contribution is -2.48. The number of hydrogen-bond donors (Lipinski definition) is 1. The van der Waals surface area contributed by atoms with Crippen molar-refractivity contribution >= 4 is 11.8 Å². The molecule has 3 heteroatoms. The molecule has 0 bridgehead atoms. The molecule has 0 aromatic heterocycles. The highest BCUT2D eigenvalue weighted by Crippen LogP contribution is 2.28. The largest absolute Gasteiger partial charge is 0.311 e. The Balaban J connectivity index is 1.77. The fraction of sp³-hybridized carbons (Fsp3) is 1.00.